The molecule has 0 spiro atoms. The van der Waals surface area contributed by atoms with Gasteiger partial charge in [-0.15, -0.1) is 11.8 Å². The third-order valence-corrected chi connectivity index (χ3v) is 2.75. The fraction of sp³-hybridized carbons (Fsp3) is 0.467. The Labute approximate surface area is 99.3 Å². The van der Waals surface area contributed by atoms with Crippen LogP contribution in [-0.2, 0) is 0 Å². The zero-order valence-corrected chi connectivity index (χ0v) is 10.3. The SMILES string of the molecule is CC#CCCCC(CNC)c1ccccc1. The highest BCUT2D eigenvalue weighted by Gasteiger charge is 2.09. The third-order valence-electron chi connectivity index (χ3n) is 2.75. The lowest BCUT2D eigenvalue weighted by molar-refractivity contribution is 0.566. The van der Waals surface area contributed by atoms with Crippen molar-refractivity contribution in [2.75, 3.05) is 13.6 Å². The highest BCUT2D eigenvalue weighted by molar-refractivity contribution is 5.19. The average molecular weight is 215 g/mol. The second-order valence-corrected chi connectivity index (χ2v) is 3.98. The van der Waals surface area contributed by atoms with Crippen molar-refractivity contribution in [3.63, 3.8) is 0 Å². The Morgan fingerprint density at radius 2 is 2.00 bits per heavy atom. The molecule has 0 aromatic heterocycles. The molecule has 1 N–H and O–H groups in total. The van der Waals surface area contributed by atoms with Crippen molar-refractivity contribution in [1.29, 1.82) is 0 Å². The number of nitrogens with one attached hydrogen (secondary N) is 1. The first kappa shape index (κ1) is 12.8. The molecule has 1 unspecified atom stereocenters. The predicted molar refractivity (Wildman–Crippen MR) is 70.4 cm³/mol. The first-order chi connectivity index (χ1) is 7.88. The summed E-state index contributed by atoms with van der Waals surface area (Å²) in [6.45, 7) is 2.95. The van der Waals surface area contributed by atoms with Crippen LogP contribution in [0.5, 0.6) is 0 Å². The summed E-state index contributed by atoms with van der Waals surface area (Å²) in [5.41, 5.74) is 1.43. The van der Waals surface area contributed by atoms with Gasteiger partial charge in [0.25, 0.3) is 0 Å². The summed E-state index contributed by atoms with van der Waals surface area (Å²) in [7, 11) is 2.02. The van der Waals surface area contributed by atoms with E-state index in [1.54, 1.807) is 0 Å². The van der Waals surface area contributed by atoms with E-state index in [9.17, 15) is 0 Å². The number of benzene rings is 1. The zero-order chi connectivity index (χ0) is 11.6. The number of likely N-dealkylation sites (N-methyl/N-ethyl adjacent to an activating group) is 1. The number of rotatable bonds is 6. The molecule has 0 fully saturated rings. The smallest absolute Gasteiger partial charge is 0.00888 e. The minimum absolute atomic E-state index is 0.616. The van der Waals surface area contributed by atoms with Crippen molar-refractivity contribution < 1.29 is 0 Å². The zero-order valence-electron chi connectivity index (χ0n) is 10.3. The van der Waals surface area contributed by atoms with Gasteiger partial charge >= 0.3 is 0 Å². The van der Waals surface area contributed by atoms with Crippen LogP contribution in [0.1, 0.15) is 37.7 Å². The maximum absolute atomic E-state index is 3.27. The van der Waals surface area contributed by atoms with Gasteiger partial charge in [0, 0.05) is 13.0 Å². The van der Waals surface area contributed by atoms with E-state index in [1.165, 1.54) is 18.4 Å². The summed E-state index contributed by atoms with van der Waals surface area (Å²) in [4.78, 5) is 0. The number of hydrogen-bond donors (Lipinski definition) is 1. The van der Waals surface area contributed by atoms with Crippen LogP contribution in [0.15, 0.2) is 30.3 Å². The van der Waals surface area contributed by atoms with Crippen molar-refractivity contribution in [3.8, 4) is 11.8 Å². The van der Waals surface area contributed by atoms with E-state index in [2.05, 4.69) is 47.5 Å². The summed E-state index contributed by atoms with van der Waals surface area (Å²) in [6, 6.07) is 10.7. The molecule has 0 saturated heterocycles. The van der Waals surface area contributed by atoms with Crippen LogP contribution in [-0.4, -0.2) is 13.6 Å². The van der Waals surface area contributed by atoms with Crippen molar-refractivity contribution in [2.24, 2.45) is 0 Å². The van der Waals surface area contributed by atoms with Gasteiger partial charge in [-0.05, 0) is 38.3 Å². The lowest BCUT2D eigenvalue weighted by Gasteiger charge is -2.16. The van der Waals surface area contributed by atoms with E-state index in [1.807, 2.05) is 14.0 Å². The lowest BCUT2D eigenvalue weighted by Crippen LogP contribution is -2.17. The molecule has 0 aliphatic rings. The van der Waals surface area contributed by atoms with Crippen LogP contribution in [0.4, 0.5) is 0 Å². The van der Waals surface area contributed by atoms with Crippen LogP contribution < -0.4 is 5.32 Å². The molecule has 1 atom stereocenters. The summed E-state index contributed by atoms with van der Waals surface area (Å²) in [6.07, 6.45) is 3.41. The fourth-order valence-electron chi connectivity index (χ4n) is 1.92. The van der Waals surface area contributed by atoms with E-state index in [0.717, 1.165) is 13.0 Å². The van der Waals surface area contributed by atoms with Gasteiger partial charge < -0.3 is 5.32 Å². The first-order valence-electron chi connectivity index (χ1n) is 5.97. The van der Waals surface area contributed by atoms with Gasteiger partial charge in [-0.1, -0.05) is 30.3 Å². The van der Waals surface area contributed by atoms with Gasteiger partial charge in [0.2, 0.25) is 0 Å². The summed E-state index contributed by atoms with van der Waals surface area (Å²) in [5, 5.41) is 3.27. The molecule has 0 heterocycles. The molecule has 0 aliphatic carbocycles. The normalized spacial score (nSPS) is 11.6. The van der Waals surface area contributed by atoms with E-state index < -0.39 is 0 Å². The Balaban J connectivity index is 2.50. The van der Waals surface area contributed by atoms with Crippen LogP contribution in [0.3, 0.4) is 0 Å². The average Bonchev–Trinajstić information content (AvgIpc) is 2.34. The second kappa shape index (κ2) is 7.96. The molecule has 1 heteroatoms. The first-order valence-corrected chi connectivity index (χ1v) is 5.97. The number of unbranched alkanes of at least 4 members (excludes halogenated alkanes) is 1. The predicted octanol–water partition coefficient (Wildman–Crippen LogP) is 3.18. The van der Waals surface area contributed by atoms with Gasteiger partial charge in [-0.2, -0.15) is 0 Å². The summed E-state index contributed by atoms with van der Waals surface area (Å²) < 4.78 is 0. The Hall–Kier alpha value is -1.26. The lowest BCUT2D eigenvalue weighted by atomic mass is 9.93. The molecule has 0 bridgehead atoms. The molecule has 1 nitrogen and oxygen atoms in total. The van der Waals surface area contributed by atoms with Gasteiger partial charge in [0.05, 0.1) is 0 Å². The fourth-order valence-corrected chi connectivity index (χ4v) is 1.92. The molecule has 0 radical (unpaired) electrons. The minimum atomic E-state index is 0.616. The highest BCUT2D eigenvalue weighted by Crippen LogP contribution is 2.20. The second-order valence-electron chi connectivity index (χ2n) is 3.98. The highest BCUT2D eigenvalue weighted by atomic mass is 14.8. The Bertz CT molecular complexity index is 331. The van der Waals surface area contributed by atoms with Crippen LogP contribution >= 0.6 is 0 Å². The summed E-state index contributed by atoms with van der Waals surface area (Å²) in [5.74, 6) is 6.69. The molecular formula is C15H21N. The van der Waals surface area contributed by atoms with E-state index in [0.29, 0.717) is 5.92 Å². The third kappa shape index (κ3) is 4.51. The van der Waals surface area contributed by atoms with E-state index in [4.69, 9.17) is 0 Å². The minimum Gasteiger partial charge on any atom is -0.319 e. The van der Waals surface area contributed by atoms with Gasteiger partial charge in [-0.25, -0.2) is 0 Å². The molecule has 0 saturated carbocycles. The molecule has 1 rings (SSSR count). The molecule has 1 aromatic rings. The molecule has 0 aliphatic heterocycles. The van der Waals surface area contributed by atoms with E-state index >= 15 is 0 Å². The monoisotopic (exact) mass is 215 g/mol. The van der Waals surface area contributed by atoms with Crippen molar-refractivity contribution in [2.45, 2.75) is 32.1 Å². The Morgan fingerprint density at radius 3 is 2.62 bits per heavy atom. The maximum Gasteiger partial charge on any atom is 0.00888 e. The standard InChI is InChI=1S/C15H21N/c1-3-4-5-7-12-15(13-16-2)14-10-8-6-9-11-14/h6,8-11,15-16H,5,7,12-13H2,1-2H3. The van der Waals surface area contributed by atoms with Crippen molar-refractivity contribution in [3.05, 3.63) is 35.9 Å². The molecule has 86 valence electrons. The van der Waals surface area contributed by atoms with Crippen LogP contribution in [0.25, 0.3) is 0 Å². The van der Waals surface area contributed by atoms with Crippen LogP contribution in [0.2, 0.25) is 0 Å². The molecular weight excluding hydrogens is 194 g/mol. The molecule has 16 heavy (non-hydrogen) atoms. The van der Waals surface area contributed by atoms with Gasteiger partial charge in [-0.3, -0.25) is 0 Å². The Kier molecular flexibility index (Phi) is 6.37. The summed E-state index contributed by atoms with van der Waals surface area (Å²) >= 11 is 0. The van der Waals surface area contributed by atoms with Gasteiger partial charge in [0.15, 0.2) is 0 Å². The van der Waals surface area contributed by atoms with Crippen molar-refractivity contribution in [1.82, 2.24) is 5.32 Å². The van der Waals surface area contributed by atoms with E-state index in [-0.39, 0.29) is 0 Å². The quantitative estimate of drug-likeness (QED) is 0.567. The van der Waals surface area contributed by atoms with Crippen LogP contribution in [0, 0.1) is 11.8 Å². The topological polar surface area (TPSA) is 12.0 Å². The number of hydrogen-bond acceptors (Lipinski definition) is 1. The van der Waals surface area contributed by atoms with Crippen molar-refractivity contribution >= 4 is 0 Å². The maximum atomic E-state index is 3.27. The molecule has 1 aromatic carbocycles. The molecule has 0 amide bonds. The van der Waals surface area contributed by atoms with Gasteiger partial charge in [0.1, 0.15) is 0 Å². The Morgan fingerprint density at radius 1 is 1.25 bits per heavy atom. The largest absolute Gasteiger partial charge is 0.319 e.